The highest BCUT2D eigenvalue weighted by atomic mass is 14.9. The lowest BCUT2D eigenvalue weighted by Gasteiger charge is -2.22. The number of hydrogen-bond acceptors (Lipinski definition) is 6. The highest BCUT2D eigenvalue weighted by Gasteiger charge is 2.35. The van der Waals surface area contributed by atoms with Gasteiger partial charge in [-0.05, 0) is 68.1 Å². The first-order chi connectivity index (χ1) is 28.0. The van der Waals surface area contributed by atoms with E-state index in [9.17, 15) is 0 Å². The molecule has 0 fully saturated rings. The van der Waals surface area contributed by atoms with Crippen LogP contribution in [0, 0.1) is 0 Å². The number of nitrogens with zero attached hydrogens (tertiary/aromatic N) is 6. The first-order valence-electron chi connectivity index (χ1n) is 19.3. The smallest absolute Gasteiger partial charge is 0.160 e. The van der Waals surface area contributed by atoms with Crippen LogP contribution in [0.1, 0.15) is 25.0 Å². The van der Waals surface area contributed by atoms with Gasteiger partial charge in [0.05, 0.1) is 33.5 Å². The Morgan fingerprint density at radius 1 is 0.351 bits per heavy atom. The summed E-state index contributed by atoms with van der Waals surface area (Å²) in [4.78, 5) is 29.8. The molecule has 1 aliphatic rings. The van der Waals surface area contributed by atoms with Gasteiger partial charge < -0.3 is 0 Å². The summed E-state index contributed by atoms with van der Waals surface area (Å²) in [5.74, 6) is 0.681. The Bertz CT molecular complexity index is 3270. The Hall–Kier alpha value is -7.44. The van der Waals surface area contributed by atoms with Crippen LogP contribution in [-0.4, -0.2) is 29.9 Å². The molecule has 0 bridgehead atoms. The molecule has 0 unspecified atom stereocenters. The molecule has 0 atom stereocenters. The fourth-order valence-corrected chi connectivity index (χ4v) is 9.29. The minimum atomic E-state index is -0.154. The predicted octanol–water partition coefficient (Wildman–Crippen LogP) is 12.3. The van der Waals surface area contributed by atoms with Crippen molar-refractivity contribution in [3.63, 3.8) is 0 Å². The third kappa shape index (κ3) is 4.64. The molecule has 0 radical (unpaired) electrons. The summed E-state index contributed by atoms with van der Waals surface area (Å²) in [6.45, 7) is 4.62. The molecular formula is C51H32N6. The van der Waals surface area contributed by atoms with Crippen molar-refractivity contribution in [3.8, 4) is 45.0 Å². The van der Waals surface area contributed by atoms with Crippen molar-refractivity contribution in [2.75, 3.05) is 0 Å². The topological polar surface area (TPSA) is 77.3 Å². The minimum Gasteiger partial charge on any atom is -0.252 e. The zero-order chi connectivity index (χ0) is 37.8. The molecule has 3 heterocycles. The van der Waals surface area contributed by atoms with Crippen molar-refractivity contribution in [1.29, 1.82) is 0 Å². The molecule has 8 aromatic carbocycles. The second-order valence-electron chi connectivity index (χ2n) is 15.5. The Kier molecular flexibility index (Phi) is 6.59. The first kappa shape index (κ1) is 31.9. The van der Waals surface area contributed by atoms with Crippen LogP contribution in [0.3, 0.4) is 0 Å². The highest BCUT2D eigenvalue weighted by Crippen LogP contribution is 2.49. The molecule has 6 heteroatoms. The van der Waals surface area contributed by atoms with Gasteiger partial charge in [-0.3, -0.25) is 19.9 Å². The van der Waals surface area contributed by atoms with E-state index in [0.717, 1.165) is 93.2 Å². The van der Waals surface area contributed by atoms with Gasteiger partial charge in [0.25, 0.3) is 0 Å². The number of fused-ring (bicyclic) bond motifs is 15. The first-order valence-corrected chi connectivity index (χ1v) is 19.3. The molecular weight excluding hydrogens is 697 g/mol. The summed E-state index contributed by atoms with van der Waals surface area (Å²) in [6, 6.07) is 47.6. The van der Waals surface area contributed by atoms with Crippen molar-refractivity contribution < 1.29 is 0 Å². The number of benzene rings is 8. The van der Waals surface area contributed by atoms with Crippen molar-refractivity contribution in [2.45, 2.75) is 19.3 Å². The van der Waals surface area contributed by atoms with Gasteiger partial charge in [-0.15, -0.1) is 0 Å². The van der Waals surface area contributed by atoms with Crippen LogP contribution in [0.5, 0.6) is 0 Å². The summed E-state index contributed by atoms with van der Waals surface area (Å²) >= 11 is 0. The quantitative estimate of drug-likeness (QED) is 0.169. The van der Waals surface area contributed by atoms with E-state index in [1.54, 1.807) is 24.8 Å². The van der Waals surface area contributed by atoms with E-state index in [1.807, 2.05) is 0 Å². The zero-order valence-corrected chi connectivity index (χ0v) is 31.2. The van der Waals surface area contributed by atoms with Gasteiger partial charge in [0.2, 0.25) is 0 Å². The molecule has 0 N–H and O–H groups in total. The minimum absolute atomic E-state index is 0.154. The molecule has 0 aliphatic heterocycles. The normalized spacial score (nSPS) is 13.2. The van der Waals surface area contributed by atoms with Crippen LogP contribution >= 0.6 is 0 Å². The number of aromatic nitrogens is 6. The van der Waals surface area contributed by atoms with Gasteiger partial charge in [-0.25, -0.2) is 9.97 Å². The average Bonchev–Trinajstić information content (AvgIpc) is 3.51. The molecule has 0 saturated heterocycles. The standard InChI is InChI=1S/C51H32N6/c1-51(2)42-14-8-7-11-34(42)35-18-17-31(27-43(35)51)50-56-44(29-15-19-38-40(25-29)32-9-3-5-12-36(32)46-48(38)54-23-21-52-46)28-45(57-50)30-16-20-39-41(26-30)33-10-4-6-13-37(33)47-49(39)55-24-22-53-47/h3-28H,1-2H3. The third-order valence-electron chi connectivity index (χ3n) is 12.0. The summed E-state index contributed by atoms with van der Waals surface area (Å²) in [5, 5.41) is 8.77. The number of rotatable bonds is 3. The van der Waals surface area contributed by atoms with E-state index in [4.69, 9.17) is 29.9 Å². The van der Waals surface area contributed by atoms with E-state index in [0.29, 0.717) is 5.82 Å². The summed E-state index contributed by atoms with van der Waals surface area (Å²) in [7, 11) is 0. The summed E-state index contributed by atoms with van der Waals surface area (Å²) in [6.07, 6.45) is 7.07. The van der Waals surface area contributed by atoms with E-state index >= 15 is 0 Å². The second-order valence-corrected chi connectivity index (χ2v) is 15.5. The molecule has 11 aromatic rings. The molecule has 57 heavy (non-hydrogen) atoms. The van der Waals surface area contributed by atoms with Crippen LogP contribution in [-0.2, 0) is 5.41 Å². The molecule has 6 nitrogen and oxygen atoms in total. The van der Waals surface area contributed by atoms with Crippen LogP contribution in [0.15, 0.2) is 158 Å². The Morgan fingerprint density at radius 3 is 1.33 bits per heavy atom. The van der Waals surface area contributed by atoms with Crippen LogP contribution in [0.2, 0.25) is 0 Å². The zero-order valence-electron chi connectivity index (χ0n) is 31.2. The van der Waals surface area contributed by atoms with Gasteiger partial charge in [0.1, 0.15) is 0 Å². The van der Waals surface area contributed by atoms with Gasteiger partial charge in [-0.2, -0.15) is 0 Å². The molecule has 266 valence electrons. The molecule has 0 saturated carbocycles. The molecule has 3 aromatic heterocycles. The fourth-order valence-electron chi connectivity index (χ4n) is 9.29. The van der Waals surface area contributed by atoms with Gasteiger partial charge in [-0.1, -0.05) is 123 Å². The SMILES string of the molecule is CC1(C)c2ccccc2-c2ccc(-c3nc(-c4ccc5c(c4)c4ccccc4c4nccnc54)cc(-c4ccc5c(c4)c4ccccc4c4nccnc54)n3)cc21. The monoisotopic (exact) mass is 728 g/mol. The summed E-state index contributed by atoms with van der Waals surface area (Å²) in [5.41, 5.74) is 13.3. The van der Waals surface area contributed by atoms with Crippen LogP contribution in [0.25, 0.3) is 110 Å². The van der Waals surface area contributed by atoms with Crippen molar-refractivity contribution >= 4 is 65.2 Å². The molecule has 1 aliphatic carbocycles. The fraction of sp³-hybridized carbons (Fsp3) is 0.0588. The maximum absolute atomic E-state index is 5.37. The molecule has 0 spiro atoms. The lowest BCUT2D eigenvalue weighted by molar-refractivity contribution is 0.660. The lowest BCUT2D eigenvalue weighted by atomic mass is 9.82. The largest absolute Gasteiger partial charge is 0.252 e. The van der Waals surface area contributed by atoms with E-state index < -0.39 is 0 Å². The predicted molar refractivity (Wildman–Crippen MR) is 232 cm³/mol. The van der Waals surface area contributed by atoms with Crippen molar-refractivity contribution in [1.82, 2.24) is 29.9 Å². The average molecular weight is 729 g/mol. The van der Waals surface area contributed by atoms with E-state index in [-0.39, 0.29) is 5.41 Å². The highest BCUT2D eigenvalue weighted by molar-refractivity contribution is 6.24. The van der Waals surface area contributed by atoms with E-state index in [1.165, 1.54) is 22.3 Å². The Balaban J connectivity index is 1.11. The molecule has 12 rings (SSSR count). The van der Waals surface area contributed by atoms with Crippen LogP contribution in [0.4, 0.5) is 0 Å². The molecule has 0 amide bonds. The lowest BCUT2D eigenvalue weighted by Crippen LogP contribution is -2.15. The van der Waals surface area contributed by atoms with Gasteiger partial charge in [0, 0.05) is 68.4 Å². The van der Waals surface area contributed by atoms with Gasteiger partial charge in [0.15, 0.2) is 5.82 Å². The summed E-state index contributed by atoms with van der Waals surface area (Å²) < 4.78 is 0. The van der Waals surface area contributed by atoms with E-state index in [2.05, 4.69) is 147 Å². The van der Waals surface area contributed by atoms with Gasteiger partial charge >= 0.3 is 0 Å². The van der Waals surface area contributed by atoms with Crippen LogP contribution < -0.4 is 0 Å². The Morgan fingerprint density at radius 2 is 0.789 bits per heavy atom. The van der Waals surface area contributed by atoms with Crippen molar-refractivity contribution in [2.24, 2.45) is 0 Å². The third-order valence-corrected chi connectivity index (χ3v) is 12.0. The maximum Gasteiger partial charge on any atom is 0.160 e. The Labute approximate surface area is 327 Å². The second kappa shape index (κ2) is 11.8. The maximum atomic E-state index is 5.37. The van der Waals surface area contributed by atoms with Crippen molar-refractivity contribution in [3.05, 3.63) is 169 Å². The number of hydrogen-bond donors (Lipinski definition) is 0.